The van der Waals surface area contributed by atoms with E-state index in [0.717, 1.165) is 11.1 Å². The summed E-state index contributed by atoms with van der Waals surface area (Å²) in [5, 5.41) is 8.63. The van der Waals surface area contributed by atoms with Crippen LogP contribution >= 0.6 is 0 Å². The molecule has 0 aromatic heterocycles. The highest BCUT2D eigenvalue weighted by atomic mass is 32.2. The minimum absolute atomic E-state index is 0.0195. The molecule has 0 unspecified atom stereocenters. The van der Waals surface area contributed by atoms with Crippen molar-refractivity contribution in [2.75, 3.05) is 17.1 Å². The molecular weight excluding hydrogens is 254 g/mol. The zero-order chi connectivity index (χ0) is 13.0. The lowest BCUT2D eigenvalue weighted by Gasteiger charge is -2.08. The van der Waals surface area contributed by atoms with Crippen LogP contribution < -0.4 is 4.72 Å². The number of hydrogen-bond acceptors (Lipinski definition) is 4. The van der Waals surface area contributed by atoms with Crippen molar-refractivity contribution >= 4 is 15.7 Å². The Morgan fingerprint density at radius 1 is 1.22 bits per heavy atom. The van der Waals surface area contributed by atoms with Crippen LogP contribution in [0.5, 0.6) is 0 Å². The lowest BCUT2D eigenvalue weighted by molar-refractivity contribution is 0.134. The summed E-state index contributed by atoms with van der Waals surface area (Å²) in [5.41, 5.74) is 2.71. The molecule has 0 atom stereocenters. The predicted octanol–water partition coefficient (Wildman–Crippen LogP) is 1.23. The minimum atomic E-state index is -3.33. The summed E-state index contributed by atoms with van der Waals surface area (Å²) in [6, 6.07) is 5.44. The van der Waals surface area contributed by atoms with Crippen LogP contribution in [0.3, 0.4) is 0 Å². The topological polar surface area (TPSA) is 75.6 Å². The van der Waals surface area contributed by atoms with E-state index in [4.69, 9.17) is 9.84 Å². The van der Waals surface area contributed by atoms with Gasteiger partial charge in [0, 0.05) is 12.3 Å². The highest BCUT2D eigenvalue weighted by Gasteiger charge is 2.14. The van der Waals surface area contributed by atoms with Crippen molar-refractivity contribution in [3.05, 3.63) is 29.3 Å². The Morgan fingerprint density at radius 3 is 2.78 bits per heavy atom. The molecule has 0 radical (unpaired) electrons. The summed E-state index contributed by atoms with van der Waals surface area (Å²) >= 11 is 0. The molecule has 0 saturated carbocycles. The molecular formula is C12H17NO4S. The fourth-order valence-electron chi connectivity index (χ4n) is 1.87. The van der Waals surface area contributed by atoms with Crippen LogP contribution in [0.1, 0.15) is 24.0 Å². The molecule has 1 aromatic rings. The second-order valence-electron chi connectivity index (χ2n) is 4.33. The number of aliphatic hydroxyl groups is 1. The van der Waals surface area contributed by atoms with Crippen molar-refractivity contribution in [2.45, 2.75) is 26.1 Å². The molecule has 0 saturated heterocycles. The van der Waals surface area contributed by atoms with Gasteiger partial charge in [0.15, 0.2) is 0 Å². The van der Waals surface area contributed by atoms with E-state index in [1.165, 1.54) is 0 Å². The van der Waals surface area contributed by atoms with Crippen molar-refractivity contribution in [3.63, 3.8) is 0 Å². The first-order chi connectivity index (χ1) is 8.61. The first kappa shape index (κ1) is 13.3. The second-order valence-corrected chi connectivity index (χ2v) is 6.17. The van der Waals surface area contributed by atoms with Gasteiger partial charge in [0.1, 0.15) is 0 Å². The van der Waals surface area contributed by atoms with Crippen molar-refractivity contribution in [1.82, 2.24) is 0 Å². The van der Waals surface area contributed by atoms with E-state index in [1.807, 2.05) is 12.1 Å². The molecule has 0 bridgehead atoms. The molecule has 1 heterocycles. The summed E-state index contributed by atoms with van der Waals surface area (Å²) < 4.78 is 31.3. The van der Waals surface area contributed by atoms with E-state index in [-0.39, 0.29) is 12.4 Å². The van der Waals surface area contributed by atoms with Crippen LogP contribution in [0.25, 0.3) is 0 Å². The van der Waals surface area contributed by atoms with E-state index in [9.17, 15) is 8.42 Å². The average Bonchev–Trinajstić information content (AvgIpc) is 2.75. The number of anilines is 1. The molecule has 2 N–H and O–H groups in total. The SMILES string of the molecule is O=S(=O)(CCCCO)Nc1ccc2c(c1)COC2. The lowest BCUT2D eigenvalue weighted by atomic mass is 10.1. The number of rotatable bonds is 6. The molecule has 5 nitrogen and oxygen atoms in total. The Morgan fingerprint density at radius 2 is 2.00 bits per heavy atom. The molecule has 0 amide bonds. The number of fused-ring (bicyclic) bond motifs is 1. The number of aliphatic hydroxyl groups excluding tert-OH is 1. The fourth-order valence-corrected chi connectivity index (χ4v) is 3.04. The van der Waals surface area contributed by atoms with Crippen LogP contribution in [0, 0.1) is 0 Å². The maximum absolute atomic E-state index is 11.8. The van der Waals surface area contributed by atoms with E-state index < -0.39 is 10.0 Å². The second kappa shape index (κ2) is 5.69. The predicted molar refractivity (Wildman–Crippen MR) is 68.7 cm³/mol. The Labute approximate surface area is 107 Å². The maximum atomic E-state index is 11.8. The molecule has 6 heteroatoms. The lowest BCUT2D eigenvalue weighted by Crippen LogP contribution is -2.17. The van der Waals surface area contributed by atoms with Gasteiger partial charge in [-0.05, 0) is 36.1 Å². The van der Waals surface area contributed by atoms with Crippen LogP contribution in [0.2, 0.25) is 0 Å². The van der Waals surface area contributed by atoms with Gasteiger partial charge >= 0.3 is 0 Å². The highest BCUT2D eigenvalue weighted by molar-refractivity contribution is 7.92. The van der Waals surface area contributed by atoms with E-state index in [0.29, 0.717) is 31.7 Å². The van der Waals surface area contributed by atoms with Gasteiger partial charge in [0.25, 0.3) is 0 Å². The molecule has 1 aromatic carbocycles. The molecule has 0 aliphatic carbocycles. The van der Waals surface area contributed by atoms with Gasteiger partial charge in [-0.2, -0.15) is 0 Å². The molecule has 1 aliphatic heterocycles. The van der Waals surface area contributed by atoms with Gasteiger partial charge < -0.3 is 9.84 Å². The standard InChI is InChI=1S/C12H17NO4S/c14-5-1-2-6-18(15,16)13-12-4-3-10-8-17-9-11(10)7-12/h3-4,7,13-14H,1-2,5-6,8-9H2. The third kappa shape index (κ3) is 3.44. The zero-order valence-electron chi connectivity index (χ0n) is 10.1. The normalized spacial score (nSPS) is 14.5. The van der Waals surface area contributed by atoms with E-state index in [1.54, 1.807) is 6.07 Å². The largest absolute Gasteiger partial charge is 0.396 e. The highest BCUT2D eigenvalue weighted by Crippen LogP contribution is 2.23. The summed E-state index contributed by atoms with van der Waals surface area (Å²) in [7, 11) is -3.33. The number of benzene rings is 1. The van der Waals surface area contributed by atoms with Crippen molar-refractivity contribution in [3.8, 4) is 0 Å². The van der Waals surface area contributed by atoms with Crippen molar-refractivity contribution in [2.24, 2.45) is 0 Å². The minimum Gasteiger partial charge on any atom is -0.396 e. The quantitative estimate of drug-likeness (QED) is 0.763. The summed E-state index contributed by atoms with van der Waals surface area (Å²) in [6.07, 6.45) is 0.957. The van der Waals surface area contributed by atoms with Gasteiger partial charge in [-0.15, -0.1) is 0 Å². The zero-order valence-corrected chi connectivity index (χ0v) is 10.9. The third-order valence-corrected chi connectivity index (χ3v) is 4.19. The van der Waals surface area contributed by atoms with Gasteiger partial charge in [-0.25, -0.2) is 8.42 Å². The average molecular weight is 271 g/mol. The van der Waals surface area contributed by atoms with Gasteiger partial charge in [0.2, 0.25) is 10.0 Å². The summed E-state index contributed by atoms with van der Waals surface area (Å²) in [6.45, 7) is 1.15. The molecule has 100 valence electrons. The molecule has 1 aliphatic rings. The first-order valence-electron chi connectivity index (χ1n) is 5.91. The van der Waals surface area contributed by atoms with E-state index >= 15 is 0 Å². The smallest absolute Gasteiger partial charge is 0.232 e. The maximum Gasteiger partial charge on any atom is 0.232 e. The number of sulfonamides is 1. The van der Waals surface area contributed by atoms with Crippen LogP contribution in [-0.2, 0) is 28.0 Å². The van der Waals surface area contributed by atoms with Crippen LogP contribution in [0.4, 0.5) is 5.69 Å². The third-order valence-electron chi connectivity index (χ3n) is 2.82. The number of nitrogens with one attached hydrogen (secondary N) is 1. The Bertz CT molecular complexity index is 513. The Hall–Kier alpha value is -1.11. The molecule has 0 spiro atoms. The van der Waals surface area contributed by atoms with Crippen molar-refractivity contribution in [1.29, 1.82) is 0 Å². The number of unbranched alkanes of at least 4 members (excludes halogenated alkanes) is 1. The number of ether oxygens (including phenoxy) is 1. The molecule has 18 heavy (non-hydrogen) atoms. The summed E-state index contributed by atoms with van der Waals surface area (Å²) in [4.78, 5) is 0. The first-order valence-corrected chi connectivity index (χ1v) is 7.57. The molecule has 2 rings (SSSR count). The fraction of sp³-hybridized carbons (Fsp3) is 0.500. The Balaban J connectivity index is 2.00. The molecule has 0 fully saturated rings. The van der Waals surface area contributed by atoms with E-state index in [2.05, 4.69) is 4.72 Å². The Kier molecular flexibility index (Phi) is 4.21. The van der Waals surface area contributed by atoms with Gasteiger partial charge in [-0.1, -0.05) is 6.07 Å². The van der Waals surface area contributed by atoms with Gasteiger partial charge in [0.05, 0.1) is 19.0 Å². The monoisotopic (exact) mass is 271 g/mol. The summed E-state index contributed by atoms with van der Waals surface area (Å²) in [5.74, 6) is 0.0289. The van der Waals surface area contributed by atoms with Crippen LogP contribution in [-0.4, -0.2) is 25.9 Å². The number of hydrogen-bond donors (Lipinski definition) is 2. The van der Waals surface area contributed by atoms with Crippen LogP contribution in [0.15, 0.2) is 18.2 Å². The van der Waals surface area contributed by atoms with Gasteiger partial charge in [-0.3, -0.25) is 4.72 Å². The van der Waals surface area contributed by atoms with Crippen molar-refractivity contribution < 1.29 is 18.3 Å².